The maximum Gasteiger partial charge on any atom is 0.248 e. The molecule has 0 radical (unpaired) electrons. The Labute approximate surface area is 148 Å². The van der Waals surface area contributed by atoms with Crippen LogP contribution in [-0.4, -0.2) is 36.3 Å². The monoisotopic (exact) mass is 342 g/mol. The molecule has 0 aliphatic rings. The van der Waals surface area contributed by atoms with Gasteiger partial charge in [-0.2, -0.15) is 0 Å². The fourth-order valence-electron chi connectivity index (χ4n) is 2.43. The lowest BCUT2D eigenvalue weighted by Gasteiger charge is -2.17. The summed E-state index contributed by atoms with van der Waals surface area (Å²) in [6.07, 6.45) is 1.27. The molecule has 2 unspecified atom stereocenters. The lowest BCUT2D eigenvalue weighted by Crippen LogP contribution is -2.36. The van der Waals surface area contributed by atoms with Gasteiger partial charge in [-0.05, 0) is 49.6 Å². The summed E-state index contributed by atoms with van der Waals surface area (Å²) in [7, 11) is 0. The van der Waals surface area contributed by atoms with Crippen LogP contribution < -0.4 is 15.8 Å². The lowest BCUT2D eigenvalue weighted by molar-refractivity contribution is 0.1000. The second-order valence-corrected chi connectivity index (χ2v) is 6.19. The van der Waals surface area contributed by atoms with Crippen LogP contribution in [0.2, 0.25) is 0 Å². The average Bonchev–Trinajstić information content (AvgIpc) is 2.64. The molecule has 0 aliphatic heterocycles. The van der Waals surface area contributed by atoms with Gasteiger partial charge in [-0.1, -0.05) is 30.3 Å². The van der Waals surface area contributed by atoms with Gasteiger partial charge in [0.05, 0.1) is 0 Å². The van der Waals surface area contributed by atoms with Crippen molar-refractivity contribution in [2.24, 2.45) is 5.73 Å². The normalized spacial score (nSPS) is 13.2. The largest absolute Gasteiger partial charge is 0.491 e. The molecule has 25 heavy (non-hydrogen) atoms. The number of hydrogen-bond acceptors (Lipinski definition) is 4. The number of ether oxygens (including phenoxy) is 1. The van der Waals surface area contributed by atoms with E-state index in [0.29, 0.717) is 12.1 Å². The van der Waals surface area contributed by atoms with Gasteiger partial charge < -0.3 is 20.9 Å². The first-order chi connectivity index (χ1) is 12.0. The van der Waals surface area contributed by atoms with Crippen molar-refractivity contribution in [1.29, 1.82) is 0 Å². The maximum absolute atomic E-state index is 11.0. The first-order valence-electron chi connectivity index (χ1n) is 8.52. The number of carbonyl (C=O) groups excluding carboxylic acids is 1. The quantitative estimate of drug-likeness (QED) is 0.617. The molecule has 5 nitrogen and oxygen atoms in total. The zero-order valence-corrected chi connectivity index (χ0v) is 14.5. The molecule has 0 bridgehead atoms. The second-order valence-electron chi connectivity index (χ2n) is 6.19. The number of para-hydroxylation sites is 1. The Morgan fingerprint density at radius 1 is 1.16 bits per heavy atom. The second kappa shape index (κ2) is 9.81. The van der Waals surface area contributed by atoms with Crippen molar-refractivity contribution in [3.05, 3.63) is 65.7 Å². The Morgan fingerprint density at radius 3 is 2.48 bits per heavy atom. The number of primary amides is 1. The molecule has 134 valence electrons. The standard InChI is InChI=1S/C20H26N2O3/c1-15(7-8-16-9-11-17(12-10-16)20(21)24)22-13-18(23)14-25-19-5-3-2-4-6-19/h2-6,9-12,15,18,22-23H,7-8,13-14H2,1H3,(H2,21,24). The van der Waals surface area contributed by atoms with E-state index in [0.717, 1.165) is 24.2 Å². The van der Waals surface area contributed by atoms with Gasteiger partial charge in [0.25, 0.3) is 0 Å². The fourth-order valence-corrected chi connectivity index (χ4v) is 2.43. The Kier molecular flexibility index (Phi) is 7.44. The van der Waals surface area contributed by atoms with Crippen LogP contribution in [0.5, 0.6) is 5.75 Å². The molecule has 0 aliphatic carbocycles. The predicted molar refractivity (Wildman–Crippen MR) is 98.7 cm³/mol. The van der Waals surface area contributed by atoms with Gasteiger partial charge in [0, 0.05) is 18.2 Å². The third-order valence-corrected chi connectivity index (χ3v) is 3.99. The molecule has 1 amide bonds. The minimum Gasteiger partial charge on any atom is -0.491 e. The Morgan fingerprint density at radius 2 is 1.84 bits per heavy atom. The van der Waals surface area contributed by atoms with E-state index in [4.69, 9.17) is 10.5 Å². The van der Waals surface area contributed by atoms with Crippen LogP contribution in [0.4, 0.5) is 0 Å². The van der Waals surface area contributed by atoms with Crippen LogP contribution in [0, 0.1) is 0 Å². The first kappa shape index (κ1) is 19.0. The highest BCUT2D eigenvalue weighted by Gasteiger charge is 2.09. The van der Waals surface area contributed by atoms with E-state index in [1.54, 1.807) is 12.1 Å². The molecular weight excluding hydrogens is 316 g/mol. The smallest absolute Gasteiger partial charge is 0.248 e. The van der Waals surface area contributed by atoms with Crippen LogP contribution >= 0.6 is 0 Å². The van der Waals surface area contributed by atoms with Crippen LogP contribution in [0.15, 0.2) is 54.6 Å². The van der Waals surface area contributed by atoms with Crippen LogP contribution in [0.3, 0.4) is 0 Å². The highest BCUT2D eigenvalue weighted by Crippen LogP contribution is 2.09. The number of aliphatic hydroxyl groups excluding tert-OH is 1. The number of amides is 1. The van der Waals surface area contributed by atoms with E-state index in [-0.39, 0.29) is 12.6 Å². The number of aliphatic hydroxyl groups is 1. The minimum absolute atomic E-state index is 0.262. The summed E-state index contributed by atoms with van der Waals surface area (Å²) in [5.74, 6) is 0.349. The number of aryl methyl sites for hydroxylation is 1. The van der Waals surface area contributed by atoms with Crippen LogP contribution in [0.1, 0.15) is 29.3 Å². The number of carbonyl (C=O) groups is 1. The van der Waals surface area contributed by atoms with Gasteiger partial charge in [0.15, 0.2) is 0 Å². The van der Waals surface area contributed by atoms with Gasteiger partial charge in [0.2, 0.25) is 5.91 Å². The molecule has 0 aromatic heterocycles. The summed E-state index contributed by atoms with van der Waals surface area (Å²) in [5, 5.41) is 13.3. The van der Waals surface area contributed by atoms with Crippen molar-refractivity contribution in [1.82, 2.24) is 5.32 Å². The van der Waals surface area contributed by atoms with Crippen molar-refractivity contribution in [3.63, 3.8) is 0 Å². The van der Waals surface area contributed by atoms with Crippen LogP contribution in [-0.2, 0) is 6.42 Å². The third kappa shape index (κ3) is 6.95. The van der Waals surface area contributed by atoms with Gasteiger partial charge >= 0.3 is 0 Å². The van der Waals surface area contributed by atoms with Crippen LogP contribution in [0.25, 0.3) is 0 Å². The Balaban J connectivity index is 1.64. The number of benzene rings is 2. The summed E-state index contributed by atoms with van der Waals surface area (Å²) in [5.41, 5.74) is 6.92. The van der Waals surface area contributed by atoms with E-state index in [1.165, 1.54) is 0 Å². The Bertz CT molecular complexity index is 644. The number of nitrogens with one attached hydrogen (secondary N) is 1. The molecule has 2 rings (SSSR count). The molecule has 4 N–H and O–H groups in total. The highest BCUT2D eigenvalue weighted by atomic mass is 16.5. The maximum atomic E-state index is 11.0. The van der Waals surface area contributed by atoms with Gasteiger partial charge in [-0.3, -0.25) is 4.79 Å². The zero-order valence-electron chi connectivity index (χ0n) is 14.5. The zero-order chi connectivity index (χ0) is 18.1. The average molecular weight is 342 g/mol. The van der Waals surface area contributed by atoms with Crippen molar-refractivity contribution in [3.8, 4) is 5.75 Å². The molecule has 0 fully saturated rings. The summed E-state index contributed by atoms with van der Waals surface area (Å²) < 4.78 is 5.53. The molecule has 2 atom stereocenters. The summed E-state index contributed by atoms with van der Waals surface area (Å²) >= 11 is 0. The van der Waals surface area contributed by atoms with E-state index in [2.05, 4.69) is 12.2 Å². The number of hydrogen-bond donors (Lipinski definition) is 3. The molecule has 0 heterocycles. The third-order valence-electron chi connectivity index (χ3n) is 3.99. The summed E-state index contributed by atoms with van der Waals surface area (Å²) in [6, 6.07) is 17.1. The van der Waals surface area contributed by atoms with Gasteiger partial charge in [-0.25, -0.2) is 0 Å². The lowest BCUT2D eigenvalue weighted by atomic mass is 10.0. The first-order valence-corrected chi connectivity index (χ1v) is 8.52. The van der Waals surface area contributed by atoms with Gasteiger partial charge in [0.1, 0.15) is 18.5 Å². The highest BCUT2D eigenvalue weighted by molar-refractivity contribution is 5.92. The molecule has 0 saturated heterocycles. The van der Waals surface area contributed by atoms with Crippen molar-refractivity contribution >= 4 is 5.91 Å². The number of nitrogens with two attached hydrogens (primary N) is 1. The van der Waals surface area contributed by atoms with E-state index in [9.17, 15) is 9.90 Å². The summed E-state index contributed by atoms with van der Waals surface area (Å²) in [6.45, 7) is 2.83. The number of rotatable bonds is 10. The molecule has 2 aromatic rings. The predicted octanol–water partition coefficient (Wildman–Crippen LogP) is 2.14. The van der Waals surface area contributed by atoms with E-state index < -0.39 is 12.0 Å². The molecule has 2 aromatic carbocycles. The minimum atomic E-state index is -0.558. The molecule has 0 saturated carbocycles. The van der Waals surface area contributed by atoms with Crippen molar-refractivity contribution in [2.75, 3.05) is 13.2 Å². The van der Waals surface area contributed by atoms with E-state index >= 15 is 0 Å². The topological polar surface area (TPSA) is 84.6 Å². The fraction of sp³-hybridized carbons (Fsp3) is 0.350. The molecule has 5 heteroatoms. The molecular formula is C20H26N2O3. The van der Waals surface area contributed by atoms with Crippen molar-refractivity contribution in [2.45, 2.75) is 31.9 Å². The van der Waals surface area contributed by atoms with Gasteiger partial charge in [-0.15, -0.1) is 0 Å². The summed E-state index contributed by atoms with van der Waals surface area (Å²) in [4.78, 5) is 11.0. The molecule has 0 spiro atoms. The van der Waals surface area contributed by atoms with Crippen molar-refractivity contribution < 1.29 is 14.6 Å². The van der Waals surface area contributed by atoms with E-state index in [1.807, 2.05) is 42.5 Å². The SMILES string of the molecule is CC(CCc1ccc(C(N)=O)cc1)NCC(O)COc1ccccc1. The Hall–Kier alpha value is -2.37.